The van der Waals surface area contributed by atoms with Crippen LogP contribution in [0.15, 0.2) is 0 Å². The number of hydrogen-bond donors (Lipinski definition) is 1. The first-order valence-electron chi connectivity index (χ1n) is 5.06. The van der Waals surface area contributed by atoms with Gasteiger partial charge >= 0.3 is 0 Å². The zero-order chi connectivity index (χ0) is 8.39. The maximum absolute atomic E-state index is 5.19. The molecule has 0 aromatic rings. The standard InChI is InChI=1S/C11H17N/c1-2-7-12-8-11(9-3-4-9)10-5-6-10/h1,9-12H,3-8H2. The van der Waals surface area contributed by atoms with Gasteiger partial charge in [-0.15, -0.1) is 6.42 Å². The maximum Gasteiger partial charge on any atom is 0.0573 e. The summed E-state index contributed by atoms with van der Waals surface area (Å²) < 4.78 is 0. The molecule has 0 heterocycles. The maximum atomic E-state index is 5.19. The van der Waals surface area contributed by atoms with Crippen LogP contribution in [-0.2, 0) is 0 Å². The lowest BCUT2D eigenvalue weighted by Crippen LogP contribution is -2.25. The Hall–Kier alpha value is -0.480. The summed E-state index contributed by atoms with van der Waals surface area (Å²) in [7, 11) is 0. The average molecular weight is 163 g/mol. The van der Waals surface area contributed by atoms with Crippen LogP contribution in [0, 0.1) is 30.1 Å². The van der Waals surface area contributed by atoms with Crippen molar-refractivity contribution in [3.8, 4) is 12.3 Å². The van der Waals surface area contributed by atoms with Gasteiger partial charge in [-0.3, -0.25) is 0 Å². The molecule has 2 aliphatic rings. The molecule has 0 aliphatic heterocycles. The molecule has 2 saturated carbocycles. The molecule has 0 amide bonds. The molecule has 12 heavy (non-hydrogen) atoms. The van der Waals surface area contributed by atoms with Crippen molar-refractivity contribution in [3.63, 3.8) is 0 Å². The first-order valence-corrected chi connectivity index (χ1v) is 5.06. The zero-order valence-electron chi connectivity index (χ0n) is 7.55. The van der Waals surface area contributed by atoms with E-state index in [9.17, 15) is 0 Å². The molecule has 2 fully saturated rings. The molecule has 0 saturated heterocycles. The highest BCUT2D eigenvalue weighted by Gasteiger charge is 2.40. The van der Waals surface area contributed by atoms with Gasteiger partial charge in [0.25, 0.3) is 0 Å². The van der Waals surface area contributed by atoms with E-state index in [1.807, 2.05) is 0 Å². The van der Waals surface area contributed by atoms with Gasteiger partial charge in [0, 0.05) is 0 Å². The van der Waals surface area contributed by atoms with Gasteiger partial charge in [0.05, 0.1) is 6.54 Å². The van der Waals surface area contributed by atoms with E-state index in [0.29, 0.717) is 0 Å². The number of hydrogen-bond acceptors (Lipinski definition) is 1. The summed E-state index contributed by atoms with van der Waals surface area (Å²) in [5.41, 5.74) is 0. The molecule has 66 valence electrons. The Morgan fingerprint density at radius 2 is 1.83 bits per heavy atom. The molecule has 1 N–H and O–H groups in total. The van der Waals surface area contributed by atoms with E-state index < -0.39 is 0 Å². The first-order chi connectivity index (χ1) is 5.92. The van der Waals surface area contributed by atoms with Crippen molar-refractivity contribution in [1.82, 2.24) is 5.32 Å². The predicted octanol–water partition coefficient (Wildman–Crippen LogP) is 1.65. The van der Waals surface area contributed by atoms with Crippen LogP contribution in [0.25, 0.3) is 0 Å². The average Bonchev–Trinajstić information content (AvgIpc) is 2.87. The number of rotatable bonds is 5. The van der Waals surface area contributed by atoms with Gasteiger partial charge < -0.3 is 5.32 Å². The third-order valence-electron chi connectivity index (χ3n) is 3.06. The van der Waals surface area contributed by atoms with Gasteiger partial charge in [0.15, 0.2) is 0 Å². The largest absolute Gasteiger partial charge is 0.306 e. The summed E-state index contributed by atoms with van der Waals surface area (Å²) in [6.45, 7) is 1.91. The van der Waals surface area contributed by atoms with Crippen LogP contribution in [0.3, 0.4) is 0 Å². The lowest BCUT2D eigenvalue weighted by molar-refractivity contribution is 0.387. The molecular weight excluding hydrogens is 146 g/mol. The highest BCUT2D eigenvalue weighted by molar-refractivity contribution is 4.94. The Morgan fingerprint density at radius 1 is 1.25 bits per heavy atom. The Morgan fingerprint density at radius 3 is 2.25 bits per heavy atom. The number of terminal acetylenes is 1. The smallest absolute Gasteiger partial charge is 0.0573 e. The molecule has 2 aliphatic carbocycles. The van der Waals surface area contributed by atoms with Crippen LogP contribution in [0.4, 0.5) is 0 Å². The fourth-order valence-electron chi connectivity index (χ4n) is 2.08. The summed E-state index contributed by atoms with van der Waals surface area (Å²) in [6, 6.07) is 0. The quantitative estimate of drug-likeness (QED) is 0.480. The highest BCUT2D eigenvalue weighted by atomic mass is 14.9. The second-order valence-electron chi connectivity index (χ2n) is 4.17. The molecule has 0 atom stereocenters. The van der Waals surface area contributed by atoms with Gasteiger partial charge in [-0.1, -0.05) is 5.92 Å². The van der Waals surface area contributed by atoms with Crippen molar-refractivity contribution in [1.29, 1.82) is 0 Å². The molecule has 0 spiro atoms. The summed E-state index contributed by atoms with van der Waals surface area (Å²) >= 11 is 0. The van der Waals surface area contributed by atoms with Crippen molar-refractivity contribution >= 4 is 0 Å². The van der Waals surface area contributed by atoms with Crippen molar-refractivity contribution in [2.45, 2.75) is 25.7 Å². The third-order valence-corrected chi connectivity index (χ3v) is 3.06. The van der Waals surface area contributed by atoms with E-state index in [0.717, 1.165) is 24.3 Å². The molecule has 0 bridgehead atoms. The van der Waals surface area contributed by atoms with Crippen molar-refractivity contribution in [2.24, 2.45) is 17.8 Å². The molecule has 0 aromatic carbocycles. The minimum Gasteiger partial charge on any atom is -0.306 e. The Labute approximate surface area is 74.9 Å². The number of nitrogens with one attached hydrogen (secondary N) is 1. The van der Waals surface area contributed by atoms with Gasteiger partial charge in [0.1, 0.15) is 0 Å². The summed E-state index contributed by atoms with van der Waals surface area (Å²) in [4.78, 5) is 0. The van der Waals surface area contributed by atoms with Crippen LogP contribution in [-0.4, -0.2) is 13.1 Å². The normalized spacial score (nSPS) is 22.7. The highest BCUT2D eigenvalue weighted by Crippen LogP contribution is 2.48. The Balaban J connectivity index is 1.70. The Bertz CT molecular complexity index is 172. The monoisotopic (exact) mass is 163 g/mol. The Kier molecular flexibility index (Phi) is 2.37. The van der Waals surface area contributed by atoms with E-state index in [4.69, 9.17) is 6.42 Å². The minimum absolute atomic E-state index is 0.746. The molecule has 2 rings (SSSR count). The van der Waals surface area contributed by atoms with Crippen molar-refractivity contribution in [3.05, 3.63) is 0 Å². The lowest BCUT2D eigenvalue weighted by atomic mass is 9.98. The summed E-state index contributed by atoms with van der Waals surface area (Å²) in [5, 5.41) is 3.34. The molecule has 0 unspecified atom stereocenters. The van der Waals surface area contributed by atoms with Gasteiger partial charge in [-0.05, 0) is 50.0 Å². The van der Waals surface area contributed by atoms with Crippen LogP contribution in [0.5, 0.6) is 0 Å². The van der Waals surface area contributed by atoms with Gasteiger partial charge in [-0.2, -0.15) is 0 Å². The van der Waals surface area contributed by atoms with Crippen molar-refractivity contribution in [2.75, 3.05) is 13.1 Å². The second-order valence-corrected chi connectivity index (χ2v) is 4.17. The van der Waals surface area contributed by atoms with Crippen LogP contribution in [0.1, 0.15) is 25.7 Å². The fourth-order valence-corrected chi connectivity index (χ4v) is 2.08. The topological polar surface area (TPSA) is 12.0 Å². The predicted molar refractivity (Wildman–Crippen MR) is 50.6 cm³/mol. The van der Waals surface area contributed by atoms with E-state index in [-0.39, 0.29) is 0 Å². The SMILES string of the molecule is C#CCNCC(C1CC1)C1CC1. The molecule has 0 radical (unpaired) electrons. The fraction of sp³-hybridized carbons (Fsp3) is 0.818. The van der Waals surface area contributed by atoms with Crippen LogP contribution in [0.2, 0.25) is 0 Å². The molecule has 0 aromatic heterocycles. The minimum atomic E-state index is 0.746. The first kappa shape index (κ1) is 8.13. The van der Waals surface area contributed by atoms with Gasteiger partial charge in [0.2, 0.25) is 0 Å². The van der Waals surface area contributed by atoms with Crippen LogP contribution < -0.4 is 5.32 Å². The third kappa shape index (κ3) is 2.01. The lowest BCUT2D eigenvalue weighted by Gasteiger charge is -2.14. The van der Waals surface area contributed by atoms with E-state index in [2.05, 4.69) is 11.2 Å². The summed E-state index contributed by atoms with van der Waals surface area (Å²) in [5.74, 6) is 5.68. The molecular formula is C11H17N. The van der Waals surface area contributed by atoms with E-state index in [1.54, 1.807) is 0 Å². The van der Waals surface area contributed by atoms with E-state index >= 15 is 0 Å². The van der Waals surface area contributed by atoms with Crippen LogP contribution >= 0.6 is 0 Å². The summed E-state index contributed by atoms with van der Waals surface area (Å²) in [6.07, 6.45) is 11.1. The zero-order valence-corrected chi connectivity index (χ0v) is 7.55. The van der Waals surface area contributed by atoms with Crippen molar-refractivity contribution < 1.29 is 0 Å². The van der Waals surface area contributed by atoms with E-state index in [1.165, 1.54) is 32.2 Å². The molecule has 1 nitrogen and oxygen atoms in total. The molecule has 1 heteroatoms. The second kappa shape index (κ2) is 3.49. The van der Waals surface area contributed by atoms with Gasteiger partial charge in [-0.25, -0.2) is 0 Å².